The van der Waals surface area contributed by atoms with Crippen LogP contribution in [0.1, 0.15) is 57.3 Å². The van der Waals surface area contributed by atoms with Crippen LogP contribution in [0.4, 0.5) is 0 Å². The fourth-order valence-electron chi connectivity index (χ4n) is 4.41. The number of piperidine rings is 2. The lowest BCUT2D eigenvalue weighted by atomic mass is 9.93. The maximum Gasteiger partial charge on any atom is 0.220 e. The SMILES string of the molecule is CCNC(=NCC(c1ccco1)N1CCCCC1)N1CCC(CC(=O)NC)CC1.I. The summed E-state index contributed by atoms with van der Waals surface area (Å²) < 4.78 is 5.77. The Hall–Kier alpha value is -1.29. The van der Waals surface area contributed by atoms with Crippen LogP contribution in [-0.4, -0.2) is 68.0 Å². The second-order valence-electron chi connectivity index (χ2n) is 8.13. The number of rotatable bonds is 7. The molecule has 2 aliphatic rings. The quantitative estimate of drug-likeness (QED) is 0.321. The molecule has 0 saturated carbocycles. The van der Waals surface area contributed by atoms with Gasteiger partial charge < -0.3 is 20.0 Å². The minimum atomic E-state index is 0. The Kier molecular flexibility index (Phi) is 11.0. The van der Waals surface area contributed by atoms with E-state index in [1.54, 1.807) is 13.3 Å². The third-order valence-electron chi connectivity index (χ3n) is 6.12. The zero-order chi connectivity index (χ0) is 20.5. The van der Waals surface area contributed by atoms with E-state index in [4.69, 9.17) is 9.41 Å². The predicted octanol–water partition coefficient (Wildman–Crippen LogP) is 3.24. The molecule has 8 heteroatoms. The number of nitrogens with zero attached hydrogens (tertiary/aromatic N) is 3. The fourth-order valence-corrected chi connectivity index (χ4v) is 4.41. The van der Waals surface area contributed by atoms with E-state index in [1.165, 1.54) is 19.3 Å². The third kappa shape index (κ3) is 7.14. The molecule has 2 aliphatic heterocycles. The standard InChI is InChI=1S/C22H37N5O2.HI/c1-3-24-22(27-13-9-18(10-14-27)16-21(28)23-2)25-17-19(20-8-7-15-29-20)26-11-5-4-6-12-26;/h7-8,15,18-19H,3-6,9-14,16-17H2,1-2H3,(H,23,28)(H,24,25);1H. The molecule has 1 unspecified atom stereocenters. The monoisotopic (exact) mass is 531 g/mol. The van der Waals surface area contributed by atoms with Crippen LogP contribution in [0, 0.1) is 5.92 Å². The molecule has 0 bridgehead atoms. The van der Waals surface area contributed by atoms with E-state index in [9.17, 15) is 4.79 Å². The summed E-state index contributed by atoms with van der Waals surface area (Å²) in [5.41, 5.74) is 0. The molecule has 2 N–H and O–H groups in total. The van der Waals surface area contributed by atoms with Crippen molar-refractivity contribution in [3.05, 3.63) is 24.2 Å². The summed E-state index contributed by atoms with van der Waals surface area (Å²) in [7, 11) is 1.71. The van der Waals surface area contributed by atoms with Crippen molar-refractivity contribution in [2.24, 2.45) is 10.9 Å². The van der Waals surface area contributed by atoms with Gasteiger partial charge in [-0.3, -0.25) is 14.7 Å². The highest BCUT2D eigenvalue weighted by Gasteiger charge is 2.26. The van der Waals surface area contributed by atoms with E-state index >= 15 is 0 Å². The minimum Gasteiger partial charge on any atom is -0.468 e. The van der Waals surface area contributed by atoms with Gasteiger partial charge in [0.15, 0.2) is 5.96 Å². The van der Waals surface area contributed by atoms with Crippen LogP contribution in [0.2, 0.25) is 0 Å². The van der Waals surface area contributed by atoms with Gasteiger partial charge in [0.05, 0.1) is 18.8 Å². The number of furan rings is 1. The number of amides is 1. The zero-order valence-corrected chi connectivity index (χ0v) is 20.8. The Labute approximate surface area is 198 Å². The Morgan fingerprint density at radius 1 is 1.23 bits per heavy atom. The summed E-state index contributed by atoms with van der Waals surface area (Å²) in [6, 6.07) is 4.24. The third-order valence-corrected chi connectivity index (χ3v) is 6.12. The summed E-state index contributed by atoms with van der Waals surface area (Å²) in [4.78, 5) is 21.6. The number of halogens is 1. The second kappa shape index (κ2) is 13.2. The molecule has 1 aromatic heterocycles. The normalized spacial score (nSPS) is 19.8. The van der Waals surface area contributed by atoms with Gasteiger partial charge in [0.25, 0.3) is 0 Å². The van der Waals surface area contributed by atoms with Gasteiger partial charge in [0.2, 0.25) is 5.91 Å². The van der Waals surface area contributed by atoms with Crippen LogP contribution in [0.15, 0.2) is 27.8 Å². The summed E-state index contributed by atoms with van der Waals surface area (Å²) in [6.07, 6.45) is 8.28. The lowest BCUT2D eigenvalue weighted by Gasteiger charge is -2.35. The van der Waals surface area contributed by atoms with E-state index < -0.39 is 0 Å². The average molecular weight is 531 g/mol. The highest BCUT2D eigenvalue weighted by molar-refractivity contribution is 14.0. The van der Waals surface area contributed by atoms with Gasteiger partial charge in [-0.15, -0.1) is 24.0 Å². The first-order valence-electron chi connectivity index (χ1n) is 11.2. The number of hydrogen-bond acceptors (Lipinski definition) is 4. The van der Waals surface area contributed by atoms with Crippen LogP contribution >= 0.6 is 24.0 Å². The van der Waals surface area contributed by atoms with Crippen LogP contribution in [0.25, 0.3) is 0 Å². The highest BCUT2D eigenvalue weighted by Crippen LogP contribution is 2.26. The molecule has 3 heterocycles. The lowest BCUT2D eigenvalue weighted by molar-refractivity contribution is -0.121. The topological polar surface area (TPSA) is 73.1 Å². The van der Waals surface area contributed by atoms with E-state index in [2.05, 4.69) is 33.4 Å². The Morgan fingerprint density at radius 3 is 2.57 bits per heavy atom. The zero-order valence-electron chi connectivity index (χ0n) is 18.4. The van der Waals surface area contributed by atoms with Gasteiger partial charge in [-0.2, -0.15) is 0 Å². The summed E-state index contributed by atoms with van der Waals surface area (Å²) in [5.74, 6) is 2.61. The Morgan fingerprint density at radius 2 is 1.97 bits per heavy atom. The Balaban J connectivity index is 0.00000320. The molecule has 2 fully saturated rings. The molecule has 2 saturated heterocycles. The number of likely N-dealkylation sites (tertiary alicyclic amines) is 2. The molecular weight excluding hydrogens is 493 g/mol. The molecule has 0 aliphatic carbocycles. The summed E-state index contributed by atoms with van der Waals surface area (Å²) >= 11 is 0. The van der Waals surface area contributed by atoms with E-state index in [0.717, 1.165) is 57.3 Å². The number of nitrogens with one attached hydrogen (secondary N) is 2. The van der Waals surface area contributed by atoms with Crippen molar-refractivity contribution < 1.29 is 9.21 Å². The van der Waals surface area contributed by atoms with Crippen molar-refractivity contribution in [3.63, 3.8) is 0 Å². The number of carbonyl (C=O) groups excluding carboxylic acids is 1. The minimum absolute atomic E-state index is 0. The van der Waals surface area contributed by atoms with Crippen molar-refractivity contribution in [3.8, 4) is 0 Å². The van der Waals surface area contributed by atoms with Crippen molar-refractivity contribution >= 4 is 35.8 Å². The first-order chi connectivity index (χ1) is 14.2. The van der Waals surface area contributed by atoms with Crippen molar-refractivity contribution in [1.82, 2.24) is 20.4 Å². The van der Waals surface area contributed by atoms with Gasteiger partial charge in [0.1, 0.15) is 5.76 Å². The Bertz CT molecular complexity index is 638. The van der Waals surface area contributed by atoms with Crippen LogP contribution in [0.5, 0.6) is 0 Å². The van der Waals surface area contributed by atoms with Gasteiger partial charge in [-0.05, 0) is 63.7 Å². The number of aliphatic imine (C=N–C) groups is 1. The molecule has 1 aromatic rings. The van der Waals surface area contributed by atoms with Crippen LogP contribution in [-0.2, 0) is 4.79 Å². The van der Waals surface area contributed by atoms with Gasteiger partial charge in [-0.25, -0.2) is 0 Å². The largest absolute Gasteiger partial charge is 0.468 e. The first kappa shape index (κ1) is 25.0. The maximum atomic E-state index is 11.7. The predicted molar refractivity (Wildman–Crippen MR) is 131 cm³/mol. The molecule has 0 aromatic carbocycles. The first-order valence-corrected chi connectivity index (χ1v) is 11.2. The van der Waals surface area contributed by atoms with E-state index in [0.29, 0.717) is 18.9 Å². The van der Waals surface area contributed by atoms with Crippen molar-refractivity contribution in [1.29, 1.82) is 0 Å². The second-order valence-corrected chi connectivity index (χ2v) is 8.13. The van der Waals surface area contributed by atoms with Crippen LogP contribution in [0.3, 0.4) is 0 Å². The maximum absolute atomic E-state index is 11.7. The summed E-state index contributed by atoms with van der Waals surface area (Å²) in [6.45, 7) is 7.79. The van der Waals surface area contributed by atoms with E-state index in [1.807, 2.05) is 6.07 Å². The molecule has 3 rings (SSSR count). The van der Waals surface area contributed by atoms with Crippen molar-refractivity contribution in [2.45, 2.75) is 51.5 Å². The highest BCUT2D eigenvalue weighted by atomic mass is 127. The molecule has 0 radical (unpaired) electrons. The number of guanidine groups is 1. The molecule has 0 spiro atoms. The average Bonchev–Trinajstić information content (AvgIpc) is 3.29. The smallest absolute Gasteiger partial charge is 0.220 e. The van der Waals surface area contributed by atoms with Gasteiger partial charge in [-0.1, -0.05) is 6.42 Å². The molecule has 1 amide bonds. The molecular formula is C22H38IN5O2. The summed E-state index contributed by atoms with van der Waals surface area (Å²) in [5, 5.41) is 6.21. The van der Waals surface area contributed by atoms with Crippen LogP contribution < -0.4 is 10.6 Å². The number of hydrogen-bond donors (Lipinski definition) is 2. The molecule has 170 valence electrons. The fraction of sp³-hybridized carbons (Fsp3) is 0.727. The molecule has 1 atom stereocenters. The lowest BCUT2D eigenvalue weighted by Crippen LogP contribution is -2.46. The number of carbonyl (C=O) groups is 1. The van der Waals surface area contributed by atoms with Gasteiger partial charge >= 0.3 is 0 Å². The molecule has 7 nitrogen and oxygen atoms in total. The van der Waals surface area contributed by atoms with E-state index in [-0.39, 0.29) is 35.9 Å². The van der Waals surface area contributed by atoms with Gasteiger partial charge in [0, 0.05) is 33.1 Å². The molecule has 30 heavy (non-hydrogen) atoms. The van der Waals surface area contributed by atoms with Crippen molar-refractivity contribution in [2.75, 3.05) is 46.3 Å².